The minimum atomic E-state index is -4.70. The fourth-order valence-electron chi connectivity index (χ4n) is 1.14. The van der Waals surface area contributed by atoms with E-state index in [4.69, 9.17) is 11.6 Å². The van der Waals surface area contributed by atoms with Crippen LogP contribution >= 0.6 is 22.9 Å². The lowest BCUT2D eigenvalue weighted by atomic mass is 10.2. The fourth-order valence-corrected chi connectivity index (χ4v) is 2.20. The number of hydrogen-bond donors (Lipinski definition) is 0. The summed E-state index contributed by atoms with van der Waals surface area (Å²) in [6.45, 7) is 0. The second-order valence-electron chi connectivity index (χ2n) is 2.71. The number of fused-ring (bicyclic) bond motifs is 1. The Morgan fingerprint density at radius 1 is 1.33 bits per heavy atom. The maximum absolute atomic E-state index is 11.9. The van der Waals surface area contributed by atoms with Crippen LogP contribution in [0, 0.1) is 6.07 Å². The first-order chi connectivity index (χ1) is 6.96. The molecular formula is C9H3ClF3OS. The predicted octanol–water partition coefficient (Wildman–Crippen LogP) is 4.25. The summed E-state index contributed by atoms with van der Waals surface area (Å²) in [5, 5.41) is 2.39. The van der Waals surface area contributed by atoms with Crippen molar-refractivity contribution in [2.75, 3.05) is 0 Å². The highest BCUT2D eigenvalue weighted by Gasteiger charge is 2.31. The summed E-state index contributed by atoms with van der Waals surface area (Å²) < 4.78 is 40.2. The lowest BCUT2D eigenvalue weighted by Crippen LogP contribution is -2.17. The van der Waals surface area contributed by atoms with Gasteiger partial charge in [0.05, 0.1) is 9.72 Å². The van der Waals surface area contributed by atoms with E-state index in [2.05, 4.69) is 10.8 Å². The molecule has 0 saturated heterocycles. The summed E-state index contributed by atoms with van der Waals surface area (Å²) in [7, 11) is 0. The van der Waals surface area contributed by atoms with Crippen LogP contribution in [-0.4, -0.2) is 6.36 Å². The minimum absolute atomic E-state index is 0.234. The van der Waals surface area contributed by atoms with Crippen LogP contribution in [0.5, 0.6) is 5.75 Å². The number of ether oxygens (including phenoxy) is 1. The zero-order chi connectivity index (χ0) is 11.1. The van der Waals surface area contributed by atoms with E-state index in [0.29, 0.717) is 10.1 Å². The van der Waals surface area contributed by atoms with E-state index in [1.165, 1.54) is 17.4 Å². The Bertz CT molecular complexity index is 492. The third kappa shape index (κ3) is 2.35. The number of hydrogen-bond acceptors (Lipinski definition) is 2. The van der Waals surface area contributed by atoms with Gasteiger partial charge in [0.25, 0.3) is 0 Å². The highest BCUT2D eigenvalue weighted by molar-refractivity contribution is 7.17. The van der Waals surface area contributed by atoms with Gasteiger partial charge in [-0.1, -0.05) is 11.6 Å². The second kappa shape index (κ2) is 3.57. The van der Waals surface area contributed by atoms with Crippen molar-refractivity contribution in [3.63, 3.8) is 0 Å². The molecule has 15 heavy (non-hydrogen) atoms. The molecule has 0 saturated carbocycles. The first-order valence-corrected chi connectivity index (χ1v) is 5.05. The standard InChI is InChI=1S/C9H3ClF3OS/c10-7-4-6(14-9(11,12)13)3-5-1-2-15-8(5)7/h2-4H. The molecule has 0 fully saturated rings. The monoisotopic (exact) mass is 251 g/mol. The molecule has 0 bridgehead atoms. The molecule has 1 radical (unpaired) electrons. The Morgan fingerprint density at radius 2 is 2.07 bits per heavy atom. The van der Waals surface area contributed by atoms with Gasteiger partial charge in [-0.25, -0.2) is 0 Å². The molecule has 0 amide bonds. The zero-order valence-electron chi connectivity index (χ0n) is 7.06. The molecule has 0 spiro atoms. The van der Waals surface area contributed by atoms with Gasteiger partial charge in [0.1, 0.15) is 5.75 Å². The van der Waals surface area contributed by atoms with Crippen LogP contribution in [0.4, 0.5) is 13.2 Å². The average molecular weight is 252 g/mol. The van der Waals surface area contributed by atoms with Gasteiger partial charge in [0.2, 0.25) is 0 Å². The molecule has 79 valence electrons. The van der Waals surface area contributed by atoms with Crippen molar-refractivity contribution in [3.05, 3.63) is 28.6 Å². The summed E-state index contributed by atoms with van der Waals surface area (Å²) in [5.41, 5.74) is 0. The highest BCUT2D eigenvalue weighted by Crippen LogP contribution is 2.34. The number of rotatable bonds is 1. The molecule has 0 aliphatic carbocycles. The Morgan fingerprint density at radius 3 is 2.73 bits per heavy atom. The Hall–Kier alpha value is -0.940. The maximum atomic E-state index is 11.9. The molecule has 1 nitrogen and oxygen atoms in total. The Labute approximate surface area is 92.0 Å². The lowest BCUT2D eigenvalue weighted by Gasteiger charge is -2.09. The van der Waals surface area contributed by atoms with Gasteiger partial charge in [-0.15, -0.1) is 24.5 Å². The van der Waals surface area contributed by atoms with Crippen molar-refractivity contribution in [3.8, 4) is 5.75 Å². The number of benzene rings is 1. The molecule has 0 atom stereocenters. The summed E-state index contributed by atoms with van der Waals surface area (Å²) >= 11 is 7.09. The van der Waals surface area contributed by atoms with E-state index in [0.717, 1.165) is 6.07 Å². The average Bonchev–Trinajstić information content (AvgIpc) is 2.48. The van der Waals surface area contributed by atoms with Gasteiger partial charge in [-0.2, -0.15) is 0 Å². The number of thiophene rings is 1. The third-order valence-electron chi connectivity index (χ3n) is 1.64. The van der Waals surface area contributed by atoms with E-state index in [1.54, 1.807) is 5.38 Å². The van der Waals surface area contributed by atoms with Crippen molar-refractivity contribution in [2.24, 2.45) is 0 Å². The number of halogens is 4. The molecule has 1 heterocycles. The van der Waals surface area contributed by atoms with E-state index in [-0.39, 0.29) is 10.8 Å². The smallest absolute Gasteiger partial charge is 0.406 e. The van der Waals surface area contributed by atoms with Crippen LogP contribution in [0.15, 0.2) is 17.5 Å². The summed E-state index contributed by atoms with van der Waals surface area (Å²) in [5.74, 6) is -0.324. The van der Waals surface area contributed by atoms with Gasteiger partial charge in [-0.3, -0.25) is 0 Å². The SMILES string of the molecule is FC(F)(F)Oc1cc(Cl)c2sc[c]c2c1. The quantitative estimate of drug-likeness (QED) is 0.736. The van der Waals surface area contributed by atoms with Gasteiger partial charge in [0.15, 0.2) is 0 Å². The Kier molecular flexibility index (Phi) is 2.52. The summed E-state index contributed by atoms with van der Waals surface area (Å²) in [6.07, 6.45) is -4.70. The topological polar surface area (TPSA) is 9.23 Å². The molecule has 2 aromatic rings. The van der Waals surface area contributed by atoms with Gasteiger partial charge in [-0.05, 0) is 11.4 Å². The number of alkyl halides is 3. The first kappa shape index (κ1) is 10.6. The molecule has 6 heteroatoms. The molecular weight excluding hydrogens is 249 g/mol. The van der Waals surface area contributed by atoms with E-state index in [9.17, 15) is 13.2 Å². The molecule has 0 aliphatic rings. The van der Waals surface area contributed by atoms with E-state index in [1.807, 2.05) is 0 Å². The second-order valence-corrected chi connectivity index (χ2v) is 4.00. The molecule has 1 aromatic heterocycles. The molecule has 0 aliphatic heterocycles. The zero-order valence-corrected chi connectivity index (χ0v) is 8.63. The van der Waals surface area contributed by atoms with Crippen molar-refractivity contribution < 1.29 is 17.9 Å². The van der Waals surface area contributed by atoms with Crippen molar-refractivity contribution in [1.82, 2.24) is 0 Å². The van der Waals surface area contributed by atoms with Crippen LogP contribution in [0.25, 0.3) is 10.1 Å². The maximum Gasteiger partial charge on any atom is 0.573 e. The van der Waals surface area contributed by atoms with Crippen molar-refractivity contribution >= 4 is 33.0 Å². The summed E-state index contributed by atoms with van der Waals surface area (Å²) in [6, 6.07) is 5.17. The predicted molar refractivity (Wildman–Crippen MR) is 52.4 cm³/mol. The van der Waals surface area contributed by atoms with Crippen LogP contribution in [0.1, 0.15) is 0 Å². The first-order valence-electron chi connectivity index (χ1n) is 3.80. The lowest BCUT2D eigenvalue weighted by molar-refractivity contribution is -0.274. The van der Waals surface area contributed by atoms with Gasteiger partial charge < -0.3 is 4.74 Å². The van der Waals surface area contributed by atoms with E-state index < -0.39 is 6.36 Å². The fraction of sp³-hybridized carbons (Fsp3) is 0.111. The minimum Gasteiger partial charge on any atom is -0.406 e. The van der Waals surface area contributed by atoms with Gasteiger partial charge >= 0.3 is 6.36 Å². The van der Waals surface area contributed by atoms with Gasteiger partial charge in [0, 0.05) is 17.5 Å². The molecule has 0 unspecified atom stereocenters. The van der Waals surface area contributed by atoms with Crippen LogP contribution in [-0.2, 0) is 0 Å². The molecule has 1 aromatic carbocycles. The van der Waals surface area contributed by atoms with E-state index >= 15 is 0 Å². The normalized spacial score (nSPS) is 12.0. The Balaban J connectivity index is 2.45. The largest absolute Gasteiger partial charge is 0.573 e. The highest BCUT2D eigenvalue weighted by atomic mass is 35.5. The van der Waals surface area contributed by atoms with Crippen molar-refractivity contribution in [1.29, 1.82) is 0 Å². The van der Waals surface area contributed by atoms with Crippen LogP contribution in [0.3, 0.4) is 0 Å². The molecule has 2 rings (SSSR count). The van der Waals surface area contributed by atoms with Crippen molar-refractivity contribution in [2.45, 2.75) is 6.36 Å². The summed E-state index contributed by atoms with van der Waals surface area (Å²) in [4.78, 5) is 0. The molecule has 0 N–H and O–H groups in total. The third-order valence-corrected chi connectivity index (χ3v) is 2.96. The van der Waals surface area contributed by atoms with Crippen LogP contribution < -0.4 is 4.74 Å². The van der Waals surface area contributed by atoms with Crippen LogP contribution in [0.2, 0.25) is 5.02 Å².